The van der Waals surface area contributed by atoms with Crippen molar-refractivity contribution in [2.45, 2.75) is 18.8 Å². The molecule has 0 spiro atoms. The molecule has 0 unspecified atom stereocenters. The van der Waals surface area contributed by atoms with E-state index in [2.05, 4.69) is 24.3 Å². The maximum Gasteiger partial charge on any atom is 0.161 e. The van der Waals surface area contributed by atoms with Crippen molar-refractivity contribution in [2.75, 3.05) is 21.3 Å². The van der Waals surface area contributed by atoms with Crippen molar-refractivity contribution in [1.29, 1.82) is 0 Å². The summed E-state index contributed by atoms with van der Waals surface area (Å²) < 4.78 is 16.0. The van der Waals surface area contributed by atoms with Crippen LogP contribution in [0.1, 0.15) is 29.9 Å². The lowest BCUT2D eigenvalue weighted by Gasteiger charge is -2.26. The number of methoxy groups -OCH3 is 3. The standard InChI is InChI=1S/C23H26O4/c1-25-21-13-9-16(14-23(21)27-3)8-10-17-6-4-5-7-19(17)18-11-12-20(24)22(15-18)26-2/h5,7-15,17,19,24H,4,6H2,1-3H3/t17-,19+/m1/s1. The molecule has 0 amide bonds. The molecule has 3 rings (SSSR count). The first-order chi connectivity index (χ1) is 13.2. The number of allylic oxidation sites excluding steroid dienone is 3. The van der Waals surface area contributed by atoms with E-state index in [9.17, 15) is 5.11 Å². The molecule has 1 aliphatic carbocycles. The molecule has 2 aromatic rings. The number of phenolic OH excluding ortho intramolecular Hbond substituents is 1. The summed E-state index contributed by atoms with van der Waals surface area (Å²) in [7, 11) is 4.85. The smallest absolute Gasteiger partial charge is 0.161 e. The lowest BCUT2D eigenvalue weighted by atomic mass is 9.79. The van der Waals surface area contributed by atoms with Gasteiger partial charge in [0.2, 0.25) is 0 Å². The molecular formula is C23H26O4. The lowest BCUT2D eigenvalue weighted by molar-refractivity contribution is 0.355. The SMILES string of the molecule is COc1cc([C@H]2C=CCC[C@@H]2C=Cc2ccc(OC)c(OC)c2)ccc1O. The van der Waals surface area contributed by atoms with E-state index in [1.165, 1.54) is 0 Å². The van der Waals surface area contributed by atoms with Gasteiger partial charge in [0.05, 0.1) is 21.3 Å². The van der Waals surface area contributed by atoms with E-state index >= 15 is 0 Å². The van der Waals surface area contributed by atoms with Gasteiger partial charge in [0.25, 0.3) is 0 Å². The molecule has 1 N–H and O–H groups in total. The van der Waals surface area contributed by atoms with Crippen molar-refractivity contribution in [3.05, 3.63) is 65.8 Å². The molecule has 0 heterocycles. The second-order valence-corrected chi connectivity index (χ2v) is 6.60. The summed E-state index contributed by atoms with van der Waals surface area (Å²) in [6.07, 6.45) is 11.0. The van der Waals surface area contributed by atoms with Gasteiger partial charge in [0.15, 0.2) is 23.0 Å². The average Bonchev–Trinajstić information content (AvgIpc) is 2.72. The Balaban J connectivity index is 1.84. The zero-order chi connectivity index (χ0) is 19.2. The topological polar surface area (TPSA) is 47.9 Å². The summed E-state index contributed by atoms with van der Waals surface area (Å²) in [4.78, 5) is 0. The Morgan fingerprint density at radius 2 is 1.70 bits per heavy atom. The predicted molar refractivity (Wildman–Crippen MR) is 108 cm³/mol. The van der Waals surface area contributed by atoms with Gasteiger partial charge in [0, 0.05) is 5.92 Å². The molecular weight excluding hydrogens is 340 g/mol. The van der Waals surface area contributed by atoms with E-state index < -0.39 is 0 Å². The van der Waals surface area contributed by atoms with Crippen molar-refractivity contribution >= 4 is 6.08 Å². The van der Waals surface area contributed by atoms with Gasteiger partial charge in [-0.2, -0.15) is 0 Å². The van der Waals surface area contributed by atoms with Crippen molar-refractivity contribution in [3.63, 3.8) is 0 Å². The summed E-state index contributed by atoms with van der Waals surface area (Å²) in [5, 5.41) is 9.86. The summed E-state index contributed by atoms with van der Waals surface area (Å²) >= 11 is 0. The number of aromatic hydroxyl groups is 1. The fourth-order valence-corrected chi connectivity index (χ4v) is 3.52. The Hall–Kier alpha value is -2.88. The zero-order valence-electron chi connectivity index (χ0n) is 16.0. The Morgan fingerprint density at radius 3 is 2.44 bits per heavy atom. The van der Waals surface area contributed by atoms with Gasteiger partial charge in [0.1, 0.15) is 0 Å². The third-order valence-corrected chi connectivity index (χ3v) is 5.00. The molecule has 2 atom stereocenters. The van der Waals surface area contributed by atoms with Crippen LogP contribution in [0.5, 0.6) is 23.0 Å². The molecule has 4 heteroatoms. The molecule has 0 radical (unpaired) electrons. The number of hydrogen-bond donors (Lipinski definition) is 1. The average molecular weight is 366 g/mol. The molecule has 27 heavy (non-hydrogen) atoms. The second kappa shape index (κ2) is 8.67. The van der Waals surface area contributed by atoms with Crippen LogP contribution in [0.3, 0.4) is 0 Å². The maximum absolute atomic E-state index is 9.86. The van der Waals surface area contributed by atoms with E-state index in [1.807, 2.05) is 30.3 Å². The van der Waals surface area contributed by atoms with Gasteiger partial charge in [-0.25, -0.2) is 0 Å². The first kappa shape index (κ1) is 18.9. The van der Waals surface area contributed by atoms with Crippen LogP contribution >= 0.6 is 0 Å². The predicted octanol–water partition coefficient (Wildman–Crippen LogP) is 5.18. The highest BCUT2D eigenvalue weighted by Crippen LogP contribution is 2.38. The highest BCUT2D eigenvalue weighted by molar-refractivity contribution is 5.56. The molecule has 0 bridgehead atoms. The van der Waals surface area contributed by atoms with Crippen molar-refractivity contribution in [1.82, 2.24) is 0 Å². The summed E-state index contributed by atoms with van der Waals surface area (Å²) in [6, 6.07) is 11.5. The molecule has 4 nitrogen and oxygen atoms in total. The molecule has 0 saturated heterocycles. The van der Waals surface area contributed by atoms with Crippen LogP contribution in [-0.4, -0.2) is 26.4 Å². The molecule has 0 aromatic heterocycles. The van der Waals surface area contributed by atoms with Crippen LogP contribution in [0, 0.1) is 5.92 Å². The normalized spacial score (nSPS) is 19.2. The van der Waals surface area contributed by atoms with Gasteiger partial charge in [-0.05, 0) is 54.2 Å². The van der Waals surface area contributed by atoms with Gasteiger partial charge in [-0.15, -0.1) is 0 Å². The zero-order valence-corrected chi connectivity index (χ0v) is 16.0. The van der Waals surface area contributed by atoms with E-state index in [4.69, 9.17) is 14.2 Å². The van der Waals surface area contributed by atoms with E-state index in [1.54, 1.807) is 27.4 Å². The molecule has 1 aliphatic rings. The van der Waals surface area contributed by atoms with Crippen molar-refractivity contribution < 1.29 is 19.3 Å². The van der Waals surface area contributed by atoms with E-state index in [0.29, 0.717) is 11.7 Å². The van der Waals surface area contributed by atoms with Crippen LogP contribution in [-0.2, 0) is 0 Å². The van der Waals surface area contributed by atoms with Gasteiger partial charge in [-0.3, -0.25) is 0 Å². The first-order valence-electron chi connectivity index (χ1n) is 9.10. The quantitative estimate of drug-likeness (QED) is 0.716. The molecule has 2 aromatic carbocycles. The summed E-state index contributed by atoms with van der Waals surface area (Å²) in [6.45, 7) is 0. The largest absolute Gasteiger partial charge is 0.504 e. The van der Waals surface area contributed by atoms with E-state index in [0.717, 1.165) is 35.5 Å². The number of hydrogen-bond acceptors (Lipinski definition) is 4. The van der Waals surface area contributed by atoms with Gasteiger partial charge >= 0.3 is 0 Å². The molecule has 0 aliphatic heterocycles. The fraction of sp³-hybridized carbons (Fsp3) is 0.304. The molecule has 0 saturated carbocycles. The van der Waals surface area contributed by atoms with Crippen molar-refractivity contribution in [3.8, 4) is 23.0 Å². The minimum atomic E-state index is 0.165. The molecule has 0 fully saturated rings. The Morgan fingerprint density at radius 1 is 0.926 bits per heavy atom. The Bertz CT molecular complexity index is 838. The van der Waals surface area contributed by atoms with Crippen LogP contribution in [0.15, 0.2) is 54.6 Å². The maximum atomic E-state index is 9.86. The third-order valence-electron chi connectivity index (χ3n) is 5.00. The highest BCUT2D eigenvalue weighted by atomic mass is 16.5. The fourth-order valence-electron chi connectivity index (χ4n) is 3.52. The lowest BCUT2D eigenvalue weighted by Crippen LogP contribution is -2.12. The number of ether oxygens (including phenoxy) is 3. The number of phenols is 1. The van der Waals surface area contributed by atoms with Crippen LogP contribution in [0.25, 0.3) is 6.08 Å². The van der Waals surface area contributed by atoms with E-state index in [-0.39, 0.29) is 11.7 Å². The van der Waals surface area contributed by atoms with Crippen LogP contribution in [0.4, 0.5) is 0 Å². The van der Waals surface area contributed by atoms with Crippen molar-refractivity contribution in [2.24, 2.45) is 5.92 Å². The molecule has 142 valence electrons. The Labute approximate surface area is 160 Å². The summed E-state index contributed by atoms with van der Waals surface area (Å²) in [5.74, 6) is 2.75. The summed E-state index contributed by atoms with van der Waals surface area (Å²) in [5.41, 5.74) is 2.21. The number of rotatable bonds is 6. The van der Waals surface area contributed by atoms with Crippen LogP contribution in [0.2, 0.25) is 0 Å². The first-order valence-corrected chi connectivity index (χ1v) is 9.10. The number of benzene rings is 2. The Kier molecular flexibility index (Phi) is 6.07. The monoisotopic (exact) mass is 366 g/mol. The second-order valence-electron chi connectivity index (χ2n) is 6.60. The minimum Gasteiger partial charge on any atom is -0.504 e. The van der Waals surface area contributed by atoms with Gasteiger partial charge in [-0.1, -0.05) is 36.4 Å². The highest BCUT2D eigenvalue weighted by Gasteiger charge is 2.22. The van der Waals surface area contributed by atoms with Gasteiger partial charge < -0.3 is 19.3 Å². The van der Waals surface area contributed by atoms with Crippen LogP contribution < -0.4 is 14.2 Å². The third kappa shape index (κ3) is 4.27. The minimum absolute atomic E-state index is 0.165.